The minimum Gasteiger partial charge on any atom is -0.394 e. The van der Waals surface area contributed by atoms with Crippen molar-refractivity contribution in [1.82, 2.24) is 24.3 Å². The van der Waals surface area contributed by atoms with Crippen molar-refractivity contribution in [2.24, 2.45) is 0 Å². The van der Waals surface area contributed by atoms with Gasteiger partial charge in [-0.2, -0.15) is 5.10 Å². The van der Waals surface area contributed by atoms with Gasteiger partial charge in [0.25, 0.3) is 0 Å². The molecule has 0 bridgehead atoms. The van der Waals surface area contributed by atoms with Gasteiger partial charge < -0.3 is 20.1 Å². The topological polar surface area (TPSA) is 101 Å². The quantitative estimate of drug-likeness (QED) is 0.435. The van der Waals surface area contributed by atoms with Gasteiger partial charge in [-0.15, -0.1) is 0 Å². The fourth-order valence-corrected chi connectivity index (χ4v) is 3.39. The molecule has 0 aliphatic carbocycles. The maximum Gasteiger partial charge on any atom is 0.227 e. The maximum atomic E-state index is 9.71. The van der Waals surface area contributed by atoms with Crippen molar-refractivity contribution in [3.05, 3.63) is 54.6 Å². The zero-order valence-electron chi connectivity index (χ0n) is 17.3. The summed E-state index contributed by atoms with van der Waals surface area (Å²) in [6.07, 6.45) is 6.76. The van der Waals surface area contributed by atoms with Gasteiger partial charge in [-0.3, -0.25) is 4.68 Å². The van der Waals surface area contributed by atoms with Crippen LogP contribution in [0.25, 0.3) is 22.2 Å². The summed E-state index contributed by atoms with van der Waals surface area (Å²) < 4.78 is 3.84. The molecule has 8 heteroatoms. The predicted molar refractivity (Wildman–Crippen MR) is 117 cm³/mol. The van der Waals surface area contributed by atoms with Crippen LogP contribution >= 0.6 is 0 Å². The number of anilines is 2. The van der Waals surface area contributed by atoms with E-state index in [2.05, 4.69) is 29.2 Å². The number of rotatable bonds is 7. The molecule has 1 atom stereocenters. The highest BCUT2D eigenvalue weighted by molar-refractivity contribution is 5.84. The summed E-state index contributed by atoms with van der Waals surface area (Å²) in [4.78, 5) is 9.13. The van der Waals surface area contributed by atoms with E-state index >= 15 is 0 Å². The van der Waals surface area contributed by atoms with Crippen LogP contribution in [0.15, 0.2) is 49.1 Å². The lowest BCUT2D eigenvalue weighted by atomic mass is 10.1. The molecule has 0 radical (unpaired) electrons. The van der Waals surface area contributed by atoms with Gasteiger partial charge in [-0.05, 0) is 50.6 Å². The van der Waals surface area contributed by atoms with Crippen molar-refractivity contribution in [3.63, 3.8) is 0 Å². The molecule has 1 unspecified atom stereocenters. The molecule has 0 fully saturated rings. The second-order valence-corrected chi connectivity index (χ2v) is 7.73. The minimum absolute atomic E-state index is 0.261. The molecular formula is C22H26N6O2. The Labute approximate surface area is 174 Å². The van der Waals surface area contributed by atoms with E-state index in [0.29, 0.717) is 12.5 Å². The van der Waals surface area contributed by atoms with Crippen LogP contribution in [-0.2, 0) is 6.54 Å². The van der Waals surface area contributed by atoms with Gasteiger partial charge in [0.2, 0.25) is 5.95 Å². The van der Waals surface area contributed by atoms with E-state index in [0.717, 1.165) is 33.4 Å². The molecule has 1 aromatic carbocycles. The second-order valence-electron chi connectivity index (χ2n) is 7.73. The van der Waals surface area contributed by atoms with Crippen LogP contribution in [0, 0.1) is 6.92 Å². The Hall–Kier alpha value is -3.23. The number of nitrogens with one attached hydrogen (secondary N) is 1. The van der Waals surface area contributed by atoms with Crippen LogP contribution in [0.4, 0.5) is 11.6 Å². The molecule has 0 saturated carbocycles. The molecular weight excluding hydrogens is 380 g/mol. The standard InChI is InChI=1S/C22H26N6O2/c1-14(2)28-11-17(10-24-28)21-15(3)9-23-22(26-21)25-18-4-5-20-16(8-18)6-7-27(20)12-19(30)13-29/h4-11,14,19,29-30H,12-13H2,1-3H3,(H,23,25,26). The van der Waals surface area contributed by atoms with Gasteiger partial charge in [0, 0.05) is 46.8 Å². The van der Waals surface area contributed by atoms with Crippen LogP contribution in [0.1, 0.15) is 25.5 Å². The maximum absolute atomic E-state index is 9.71. The summed E-state index contributed by atoms with van der Waals surface area (Å²) in [7, 11) is 0. The third-order valence-electron chi connectivity index (χ3n) is 5.02. The Morgan fingerprint density at radius 2 is 2.00 bits per heavy atom. The van der Waals surface area contributed by atoms with Gasteiger partial charge in [0.05, 0.1) is 31.1 Å². The van der Waals surface area contributed by atoms with E-state index in [-0.39, 0.29) is 12.6 Å². The van der Waals surface area contributed by atoms with Crippen LogP contribution in [-0.4, -0.2) is 47.2 Å². The highest BCUT2D eigenvalue weighted by atomic mass is 16.3. The van der Waals surface area contributed by atoms with Gasteiger partial charge in [0.15, 0.2) is 0 Å². The minimum atomic E-state index is -0.780. The average Bonchev–Trinajstić information content (AvgIpc) is 3.37. The molecule has 8 nitrogen and oxygen atoms in total. The Bertz CT molecular complexity index is 1160. The lowest BCUT2D eigenvalue weighted by Gasteiger charge is -2.11. The summed E-state index contributed by atoms with van der Waals surface area (Å²) in [6.45, 7) is 6.25. The van der Waals surface area contributed by atoms with Crippen LogP contribution in [0.5, 0.6) is 0 Å². The van der Waals surface area contributed by atoms with Gasteiger partial charge in [-0.25, -0.2) is 9.97 Å². The van der Waals surface area contributed by atoms with Crippen molar-refractivity contribution in [3.8, 4) is 11.3 Å². The molecule has 156 valence electrons. The van der Waals surface area contributed by atoms with Gasteiger partial charge in [-0.1, -0.05) is 0 Å². The summed E-state index contributed by atoms with van der Waals surface area (Å²) in [5.41, 5.74) is 4.65. The van der Waals surface area contributed by atoms with E-state index < -0.39 is 6.10 Å². The van der Waals surface area contributed by atoms with E-state index in [1.165, 1.54) is 0 Å². The summed E-state index contributed by atoms with van der Waals surface area (Å²) >= 11 is 0. The number of benzene rings is 1. The zero-order chi connectivity index (χ0) is 21.3. The first kappa shape index (κ1) is 20.1. The van der Waals surface area contributed by atoms with Gasteiger partial charge >= 0.3 is 0 Å². The fourth-order valence-electron chi connectivity index (χ4n) is 3.39. The second kappa shape index (κ2) is 8.25. The largest absolute Gasteiger partial charge is 0.394 e. The van der Waals surface area contributed by atoms with E-state index in [1.807, 2.05) is 65.2 Å². The first-order chi connectivity index (χ1) is 14.4. The van der Waals surface area contributed by atoms with Crippen molar-refractivity contribution in [1.29, 1.82) is 0 Å². The smallest absolute Gasteiger partial charge is 0.227 e. The number of nitrogens with zero attached hydrogens (tertiary/aromatic N) is 5. The molecule has 0 saturated heterocycles. The third kappa shape index (κ3) is 4.05. The summed E-state index contributed by atoms with van der Waals surface area (Å²) in [5, 5.41) is 27.5. The number of fused-ring (bicyclic) bond motifs is 1. The number of hydrogen-bond donors (Lipinski definition) is 3. The normalized spacial score (nSPS) is 12.6. The Balaban J connectivity index is 1.59. The van der Waals surface area contributed by atoms with Gasteiger partial charge in [0.1, 0.15) is 0 Å². The Morgan fingerprint density at radius 3 is 2.73 bits per heavy atom. The number of aliphatic hydroxyl groups excluding tert-OH is 2. The zero-order valence-corrected chi connectivity index (χ0v) is 17.3. The van der Waals surface area contributed by atoms with E-state index in [4.69, 9.17) is 10.1 Å². The lowest BCUT2D eigenvalue weighted by molar-refractivity contribution is 0.0822. The third-order valence-corrected chi connectivity index (χ3v) is 5.02. The molecule has 3 heterocycles. The Morgan fingerprint density at radius 1 is 1.17 bits per heavy atom. The predicted octanol–water partition coefficient (Wildman–Crippen LogP) is 3.28. The molecule has 0 aliphatic rings. The lowest BCUT2D eigenvalue weighted by Crippen LogP contribution is -2.19. The number of aliphatic hydroxyl groups is 2. The molecule has 30 heavy (non-hydrogen) atoms. The highest BCUT2D eigenvalue weighted by Gasteiger charge is 2.11. The van der Waals surface area contributed by atoms with Crippen molar-refractivity contribution >= 4 is 22.5 Å². The molecule has 3 aromatic heterocycles. The van der Waals surface area contributed by atoms with Crippen LogP contribution in [0.2, 0.25) is 0 Å². The summed E-state index contributed by atoms with van der Waals surface area (Å²) in [5.74, 6) is 0.516. The molecule has 0 amide bonds. The monoisotopic (exact) mass is 406 g/mol. The van der Waals surface area contributed by atoms with Crippen LogP contribution in [0.3, 0.4) is 0 Å². The number of hydrogen-bond acceptors (Lipinski definition) is 6. The molecule has 0 spiro atoms. The molecule has 0 aliphatic heterocycles. The fraction of sp³-hybridized carbons (Fsp3) is 0.318. The number of aromatic nitrogens is 5. The summed E-state index contributed by atoms with van der Waals surface area (Å²) in [6, 6.07) is 8.20. The van der Waals surface area contributed by atoms with Crippen molar-refractivity contribution in [2.75, 3.05) is 11.9 Å². The Kier molecular flexibility index (Phi) is 5.52. The first-order valence-corrected chi connectivity index (χ1v) is 9.97. The highest BCUT2D eigenvalue weighted by Crippen LogP contribution is 2.25. The van der Waals surface area contributed by atoms with Crippen LogP contribution < -0.4 is 5.32 Å². The first-order valence-electron chi connectivity index (χ1n) is 9.97. The van der Waals surface area contributed by atoms with E-state index in [9.17, 15) is 5.11 Å². The molecule has 4 rings (SSSR count). The molecule has 3 N–H and O–H groups in total. The van der Waals surface area contributed by atoms with E-state index in [1.54, 1.807) is 0 Å². The average molecular weight is 406 g/mol. The SMILES string of the molecule is Cc1cnc(Nc2ccc3c(ccn3CC(O)CO)c2)nc1-c1cnn(C(C)C)c1. The molecule has 4 aromatic rings. The number of aryl methyl sites for hydroxylation is 1. The van der Waals surface area contributed by atoms with Crippen molar-refractivity contribution < 1.29 is 10.2 Å². The van der Waals surface area contributed by atoms with Crippen molar-refractivity contribution in [2.45, 2.75) is 39.5 Å².